The minimum absolute atomic E-state index is 0.115. The second-order valence-corrected chi connectivity index (χ2v) is 4.25. The van der Waals surface area contributed by atoms with Crippen molar-refractivity contribution in [1.82, 2.24) is 0 Å². The van der Waals surface area contributed by atoms with Crippen molar-refractivity contribution in [3.05, 3.63) is 60.2 Å². The van der Waals surface area contributed by atoms with E-state index in [1.807, 2.05) is 30.3 Å². The lowest BCUT2D eigenvalue weighted by Crippen LogP contribution is -2.16. The average Bonchev–Trinajstić information content (AvgIpc) is 2.49. The van der Waals surface area contributed by atoms with E-state index in [1.54, 1.807) is 24.3 Å². The van der Waals surface area contributed by atoms with Crippen LogP contribution < -0.4 is 10.6 Å². The molecule has 0 bridgehead atoms. The highest BCUT2D eigenvalue weighted by atomic mass is 16.1. The van der Waals surface area contributed by atoms with Gasteiger partial charge < -0.3 is 10.6 Å². The molecule has 20 heavy (non-hydrogen) atoms. The molecule has 0 fully saturated rings. The van der Waals surface area contributed by atoms with Crippen LogP contribution in [0.15, 0.2) is 54.6 Å². The summed E-state index contributed by atoms with van der Waals surface area (Å²) in [6.07, 6.45) is 0.342. The molecule has 0 aromatic heterocycles. The van der Waals surface area contributed by atoms with Gasteiger partial charge in [-0.1, -0.05) is 30.3 Å². The number of nitrogens with one attached hydrogen (secondary N) is 2. The molecule has 0 spiro atoms. The van der Waals surface area contributed by atoms with E-state index in [4.69, 9.17) is 5.26 Å². The van der Waals surface area contributed by atoms with Crippen molar-refractivity contribution in [3.8, 4) is 6.07 Å². The normalized spacial score (nSPS) is 9.55. The van der Waals surface area contributed by atoms with Gasteiger partial charge in [0.2, 0.25) is 5.91 Å². The van der Waals surface area contributed by atoms with E-state index in [1.165, 1.54) is 0 Å². The fourth-order valence-electron chi connectivity index (χ4n) is 1.78. The Hall–Kier alpha value is -2.80. The molecule has 4 nitrogen and oxygen atoms in total. The van der Waals surface area contributed by atoms with Gasteiger partial charge in [-0.25, -0.2) is 0 Å². The first-order valence-corrected chi connectivity index (χ1v) is 6.37. The summed E-state index contributed by atoms with van der Waals surface area (Å²) in [6, 6.07) is 18.7. The van der Waals surface area contributed by atoms with Crippen LogP contribution in [-0.4, -0.2) is 12.5 Å². The van der Waals surface area contributed by atoms with Gasteiger partial charge >= 0.3 is 0 Å². The zero-order valence-corrected chi connectivity index (χ0v) is 11.0. The lowest BCUT2D eigenvalue weighted by molar-refractivity contribution is -0.115. The molecule has 1 amide bonds. The maximum absolute atomic E-state index is 11.8. The van der Waals surface area contributed by atoms with Gasteiger partial charge in [0, 0.05) is 18.7 Å². The van der Waals surface area contributed by atoms with Crippen molar-refractivity contribution in [3.63, 3.8) is 0 Å². The number of para-hydroxylation sites is 2. The third-order valence-electron chi connectivity index (χ3n) is 2.78. The number of nitrogens with zero attached hydrogens (tertiary/aromatic N) is 1. The van der Waals surface area contributed by atoms with Crippen LogP contribution >= 0.6 is 0 Å². The molecule has 0 radical (unpaired) electrons. The highest BCUT2D eigenvalue weighted by Gasteiger charge is 2.05. The lowest BCUT2D eigenvalue weighted by atomic mass is 10.2. The summed E-state index contributed by atoms with van der Waals surface area (Å²) in [5, 5.41) is 14.9. The molecule has 2 aromatic carbocycles. The van der Waals surface area contributed by atoms with Gasteiger partial charge in [0.15, 0.2) is 0 Å². The first-order valence-electron chi connectivity index (χ1n) is 6.37. The molecule has 0 unspecified atom stereocenters. The molecule has 0 saturated heterocycles. The van der Waals surface area contributed by atoms with Crippen LogP contribution in [0.1, 0.15) is 12.0 Å². The molecule has 0 aliphatic carbocycles. The topological polar surface area (TPSA) is 64.9 Å². The SMILES string of the molecule is N#Cc1ccccc1NC(=O)CCNc1ccccc1. The van der Waals surface area contributed by atoms with Crippen molar-refractivity contribution in [2.45, 2.75) is 6.42 Å². The van der Waals surface area contributed by atoms with Crippen molar-refractivity contribution in [2.75, 3.05) is 17.2 Å². The van der Waals surface area contributed by atoms with Crippen molar-refractivity contribution in [1.29, 1.82) is 5.26 Å². The molecule has 0 atom stereocenters. The summed E-state index contributed by atoms with van der Waals surface area (Å²) >= 11 is 0. The number of hydrogen-bond donors (Lipinski definition) is 2. The van der Waals surface area contributed by atoms with Gasteiger partial charge in [-0.05, 0) is 24.3 Å². The lowest BCUT2D eigenvalue weighted by Gasteiger charge is -2.08. The third kappa shape index (κ3) is 3.85. The van der Waals surface area contributed by atoms with Crippen LogP contribution in [0.25, 0.3) is 0 Å². The maximum atomic E-state index is 11.8. The van der Waals surface area contributed by atoms with E-state index in [-0.39, 0.29) is 5.91 Å². The van der Waals surface area contributed by atoms with Crippen LogP contribution in [0.2, 0.25) is 0 Å². The van der Waals surface area contributed by atoms with Crippen LogP contribution in [-0.2, 0) is 4.79 Å². The quantitative estimate of drug-likeness (QED) is 0.873. The third-order valence-corrected chi connectivity index (χ3v) is 2.78. The molecule has 2 aromatic rings. The summed E-state index contributed by atoms with van der Waals surface area (Å²) in [6.45, 7) is 0.546. The predicted molar refractivity (Wildman–Crippen MR) is 79.3 cm³/mol. The number of benzene rings is 2. The van der Waals surface area contributed by atoms with E-state index in [2.05, 4.69) is 16.7 Å². The Morgan fingerprint density at radius 1 is 1.05 bits per heavy atom. The van der Waals surface area contributed by atoms with Gasteiger partial charge in [0.25, 0.3) is 0 Å². The smallest absolute Gasteiger partial charge is 0.226 e. The van der Waals surface area contributed by atoms with Gasteiger partial charge in [0.05, 0.1) is 11.3 Å². The number of nitriles is 1. The first-order chi connectivity index (χ1) is 9.79. The number of carbonyl (C=O) groups excluding carboxylic acids is 1. The van der Waals surface area contributed by atoms with Crippen LogP contribution in [0.5, 0.6) is 0 Å². The van der Waals surface area contributed by atoms with Crippen molar-refractivity contribution in [2.24, 2.45) is 0 Å². The Bertz CT molecular complexity index is 617. The Labute approximate surface area is 118 Å². The van der Waals surface area contributed by atoms with Gasteiger partial charge in [-0.2, -0.15) is 5.26 Å². The molecular weight excluding hydrogens is 250 g/mol. The van der Waals surface area contributed by atoms with E-state index in [0.29, 0.717) is 24.2 Å². The minimum Gasteiger partial charge on any atom is -0.385 e. The molecular formula is C16H15N3O. The fourth-order valence-corrected chi connectivity index (χ4v) is 1.78. The number of carbonyl (C=O) groups is 1. The minimum atomic E-state index is -0.115. The monoisotopic (exact) mass is 265 g/mol. The van der Waals surface area contributed by atoms with E-state index in [0.717, 1.165) is 5.69 Å². The molecule has 2 N–H and O–H groups in total. The number of amides is 1. The Morgan fingerprint density at radius 3 is 2.50 bits per heavy atom. The van der Waals surface area contributed by atoms with Crippen LogP contribution in [0.4, 0.5) is 11.4 Å². The summed E-state index contributed by atoms with van der Waals surface area (Å²) in [5.41, 5.74) is 2.01. The first kappa shape index (κ1) is 13.6. The number of anilines is 2. The van der Waals surface area contributed by atoms with Gasteiger partial charge in [-0.3, -0.25) is 4.79 Å². The molecule has 0 aliphatic heterocycles. The fraction of sp³-hybridized carbons (Fsp3) is 0.125. The summed E-state index contributed by atoms with van der Waals surface area (Å²) < 4.78 is 0. The summed E-state index contributed by atoms with van der Waals surface area (Å²) in [7, 11) is 0. The second-order valence-electron chi connectivity index (χ2n) is 4.25. The molecule has 0 heterocycles. The molecule has 0 saturated carbocycles. The number of hydrogen-bond acceptors (Lipinski definition) is 3. The highest BCUT2D eigenvalue weighted by Crippen LogP contribution is 2.13. The van der Waals surface area contributed by atoms with Crippen LogP contribution in [0.3, 0.4) is 0 Å². The largest absolute Gasteiger partial charge is 0.385 e. The Kier molecular flexibility index (Phi) is 4.74. The molecule has 2 rings (SSSR count). The van der Waals surface area contributed by atoms with Gasteiger partial charge in [0.1, 0.15) is 6.07 Å². The molecule has 100 valence electrons. The zero-order valence-electron chi connectivity index (χ0n) is 11.0. The number of rotatable bonds is 5. The maximum Gasteiger partial charge on any atom is 0.226 e. The summed E-state index contributed by atoms with van der Waals surface area (Å²) in [5.74, 6) is -0.115. The van der Waals surface area contributed by atoms with E-state index in [9.17, 15) is 4.79 Å². The highest BCUT2D eigenvalue weighted by molar-refractivity contribution is 5.92. The molecule has 4 heteroatoms. The van der Waals surface area contributed by atoms with Crippen molar-refractivity contribution < 1.29 is 4.79 Å². The van der Waals surface area contributed by atoms with Crippen LogP contribution in [0, 0.1) is 11.3 Å². The Morgan fingerprint density at radius 2 is 1.75 bits per heavy atom. The summed E-state index contributed by atoms with van der Waals surface area (Å²) in [4.78, 5) is 11.8. The van der Waals surface area contributed by atoms with Gasteiger partial charge in [-0.15, -0.1) is 0 Å². The second kappa shape index (κ2) is 6.95. The zero-order chi connectivity index (χ0) is 14.2. The average molecular weight is 265 g/mol. The predicted octanol–water partition coefficient (Wildman–Crippen LogP) is 3.00. The standard InChI is InChI=1S/C16H15N3O/c17-12-13-6-4-5-9-15(13)19-16(20)10-11-18-14-7-2-1-3-8-14/h1-9,18H,10-11H2,(H,19,20). The molecule has 0 aliphatic rings. The van der Waals surface area contributed by atoms with E-state index < -0.39 is 0 Å². The Balaban J connectivity index is 1.83. The van der Waals surface area contributed by atoms with Crippen molar-refractivity contribution >= 4 is 17.3 Å². The van der Waals surface area contributed by atoms with E-state index >= 15 is 0 Å².